The molecule has 2 aromatic rings. The number of amides is 1. The van der Waals surface area contributed by atoms with Gasteiger partial charge in [0, 0.05) is 16.7 Å². The molecular weight excluding hydrogens is 384 g/mol. The summed E-state index contributed by atoms with van der Waals surface area (Å²) in [4.78, 5) is 14.1. The quantitative estimate of drug-likeness (QED) is 0.727. The van der Waals surface area contributed by atoms with E-state index in [4.69, 9.17) is 9.47 Å². The molecule has 0 saturated heterocycles. The van der Waals surface area contributed by atoms with Crippen molar-refractivity contribution >= 4 is 27.5 Å². The van der Waals surface area contributed by atoms with Crippen molar-refractivity contribution in [3.05, 3.63) is 52.5 Å². The molecule has 0 aliphatic rings. The van der Waals surface area contributed by atoms with E-state index >= 15 is 0 Å². The summed E-state index contributed by atoms with van der Waals surface area (Å²) in [5.41, 5.74) is 1.92. The largest absolute Gasteiger partial charge is 0.493 e. The minimum Gasteiger partial charge on any atom is -0.493 e. The number of rotatable bonds is 8. The summed E-state index contributed by atoms with van der Waals surface area (Å²) >= 11 is 3.39. The lowest BCUT2D eigenvalue weighted by Crippen LogP contribution is -2.31. The molecule has 0 saturated carbocycles. The van der Waals surface area contributed by atoms with Gasteiger partial charge in [-0.15, -0.1) is 0 Å². The lowest BCUT2D eigenvalue weighted by molar-refractivity contribution is -0.117. The number of anilines is 1. The van der Waals surface area contributed by atoms with Gasteiger partial charge in [0.15, 0.2) is 11.5 Å². The molecule has 2 rings (SSSR count). The van der Waals surface area contributed by atoms with Gasteiger partial charge in [-0.3, -0.25) is 9.69 Å². The Morgan fingerprint density at radius 2 is 1.88 bits per heavy atom. The Labute approximate surface area is 157 Å². The summed E-state index contributed by atoms with van der Waals surface area (Å²) in [5, 5.41) is 2.90. The molecule has 0 aliphatic heterocycles. The predicted molar refractivity (Wildman–Crippen MR) is 104 cm³/mol. The minimum atomic E-state index is -0.0343. The van der Waals surface area contributed by atoms with E-state index in [2.05, 4.69) is 21.2 Å². The Morgan fingerprint density at radius 1 is 1.12 bits per heavy atom. The van der Waals surface area contributed by atoms with Crippen LogP contribution in [0.1, 0.15) is 5.56 Å². The van der Waals surface area contributed by atoms with Gasteiger partial charge in [0.05, 0.1) is 20.8 Å². The molecule has 0 atom stereocenters. The maximum absolute atomic E-state index is 12.1. The van der Waals surface area contributed by atoms with Gasteiger partial charge in [0.2, 0.25) is 5.91 Å². The lowest BCUT2D eigenvalue weighted by atomic mass is 10.1. The first-order chi connectivity index (χ1) is 12.0. The van der Waals surface area contributed by atoms with E-state index in [0.717, 1.165) is 34.4 Å². The number of halogens is 1. The highest BCUT2D eigenvalue weighted by Gasteiger charge is 2.09. The van der Waals surface area contributed by atoms with Crippen LogP contribution in [0.3, 0.4) is 0 Å². The van der Waals surface area contributed by atoms with Crippen molar-refractivity contribution in [3.63, 3.8) is 0 Å². The van der Waals surface area contributed by atoms with E-state index in [1.165, 1.54) is 0 Å². The third kappa shape index (κ3) is 6.07. The van der Waals surface area contributed by atoms with E-state index in [-0.39, 0.29) is 5.91 Å². The van der Waals surface area contributed by atoms with Gasteiger partial charge < -0.3 is 14.8 Å². The zero-order valence-corrected chi connectivity index (χ0v) is 16.3. The molecule has 5 nitrogen and oxygen atoms in total. The second-order valence-electron chi connectivity index (χ2n) is 5.74. The monoisotopic (exact) mass is 406 g/mol. The lowest BCUT2D eigenvalue weighted by Gasteiger charge is -2.17. The number of nitrogens with zero attached hydrogens (tertiary/aromatic N) is 1. The van der Waals surface area contributed by atoms with Crippen LogP contribution in [0.15, 0.2) is 46.9 Å². The normalized spacial score (nSPS) is 10.6. The van der Waals surface area contributed by atoms with Gasteiger partial charge in [0.1, 0.15) is 0 Å². The van der Waals surface area contributed by atoms with Crippen molar-refractivity contribution in [1.29, 1.82) is 0 Å². The smallest absolute Gasteiger partial charge is 0.238 e. The van der Waals surface area contributed by atoms with Crippen LogP contribution in [-0.4, -0.2) is 45.2 Å². The Hall–Kier alpha value is -2.05. The number of carbonyl (C=O) groups is 1. The second kappa shape index (κ2) is 9.44. The van der Waals surface area contributed by atoms with E-state index in [1.54, 1.807) is 14.2 Å². The fourth-order valence-electron chi connectivity index (χ4n) is 2.45. The average Bonchev–Trinajstić information content (AvgIpc) is 2.59. The van der Waals surface area contributed by atoms with Crippen LogP contribution in [-0.2, 0) is 11.2 Å². The van der Waals surface area contributed by atoms with Crippen LogP contribution in [0.5, 0.6) is 11.5 Å². The summed E-state index contributed by atoms with van der Waals surface area (Å²) in [6.07, 6.45) is 0.820. The van der Waals surface area contributed by atoms with Crippen LogP contribution < -0.4 is 14.8 Å². The van der Waals surface area contributed by atoms with Crippen molar-refractivity contribution in [3.8, 4) is 11.5 Å². The number of ether oxygens (including phenoxy) is 2. The fourth-order valence-corrected chi connectivity index (χ4v) is 2.85. The Kier molecular flexibility index (Phi) is 7.28. The first kappa shape index (κ1) is 19.3. The van der Waals surface area contributed by atoms with E-state index < -0.39 is 0 Å². The molecular formula is C19H23BrN2O3. The zero-order valence-electron chi connectivity index (χ0n) is 14.7. The molecule has 0 heterocycles. The maximum Gasteiger partial charge on any atom is 0.238 e. The summed E-state index contributed by atoms with van der Waals surface area (Å²) in [6.45, 7) is 1.10. The Bertz CT molecular complexity index is 722. The van der Waals surface area contributed by atoms with Crippen molar-refractivity contribution in [2.24, 2.45) is 0 Å². The molecule has 0 fully saturated rings. The minimum absolute atomic E-state index is 0.0343. The highest BCUT2D eigenvalue weighted by atomic mass is 79.9. The molecule has 134 valence electrons. The predicted octanol–water partition coefficient (Wildman–Crippen LogP) is 3.58. The first-order valence-corrected chi connectivity index (χ1v) is 8.76. The number of carbonyl (C=O) groups excluding carboxylic acids is 1. The van der Waals surface area contributed by atoms with Gasteiger partial charge in [-0.2, -0.15) is 0 Å². The summed E-state index contributed by atoms with van der Waals surface area (Å²) in [7, 11) is 5.18. The molecule has 2 aromatic carbocycles. The zero-order chi connectivity index (χ0) is 18.2. The van der Waals surface area contributed by atoms with Crippen LogP contribution in [0.25, 0.3) is 0 Å². The molecule has 0 bridgehead atoms. The molecule has 1 N–H and O–H groups in total. The number of methoxy groups -OCH3 is 2. The van der Waals surface area contributed by atoms with E-state index in [9.17, 15) is 4.79 Å². The number of hydrogen-bond donors (Lipinski definition) is 1. The molecule has 0 aliphatic carbocycles. The number of likely N-dealkylation sites (N-methyl/N-ethyl adjacent to an activating group) is 1. The fraction of sp³-hybridized carbons (Fsp3) is 0.316. The average molecular weight is 407 g/mol. The van der Waals surface area contributed by atoms with Crippen LogP contribution in [0, 0.1) is 0 Å². The van der Waals surface area contributed by atoms with Gasteiger partial charge in [-0.1, -0.05) is 28.1 Å². The SMILES string of the molecule is COc1ccc(CCN(C)CC(=O)Nc2cccc(Br)c2)cc1OC. The number of hydrogen-bond acceptors (Lipinski definition) is 4. The van der Waals surface area contributed by atoms with Crippen LogP contribution >= 0.6 is 15.9 Å². The Morgan fingerprint density at radius 3 is 2.56 bits per heavy atom. The molecule has 0 radical (unpaired) electrons. The van der Waals surface area contributed by atoms with Gasteiger partial charge in [-0.25, -0.2) is 0 Å². The summed E-state index contributed by atoms with van der Waals surface area (Å²) < 4.78 is 11.5. The van der Waals surface area contributed by atoms with E-state index in [0.29, 0.717) is 12.3 Å². The number of benzene rings is 2. The molecule has 25 heavy (non-hydrogen) atoms. The standard InChI is InChI=1S/C19H23BrN2O3/c1-22(13-19(23)21-16-6-4-5-15(20)12-16)10-9-14-7-8-17(24-2)18(11-14)25-3/h4-8,11-12H,9-10,13H2,1-3H3,(H,21,23). The highest BCUT2D eigenvalue weighted by molar-refractivity contribution is 9.10. The van der Waals surface area contributed by atoms with Crippen LogP contribution in [0.2, 0.25) is 0 Å². The molecule has 1 amide bonds. The van der Waals surface area contributed by atoms with Gasteiger partial charge >= 0.3 is 0 Å². The highest BCUT2D eigenvalue weighted by Crippen LogP contribution is 2.27. The number of nitrogens with one attached hydrogen (secondary N) is 1. The van der Waals surface area contributed by atoms with Crippen molar-refractivity contribution in [2.45, 2.75) is 6.42 Å². The molecule has 0 unspecified atom stereocenters. The Balaban J connectivity index is 1.84. The molecule has 0 aromatic heterocycles. The van der Waals surface area contributed by atoms with Crippen molar-refractivity contribution < 1.29 is 14.3 Å². The third-order valence-corrected chi connectivity index (χ3v) is 4.25. The van der Waals surface area contributed by atoms with Gasteiger partial charge in [-0.05, 0) is 49.4 Å². The second-order valence-corrected chi connectivity index (χ2v) is 6.65. The van der Waals surface area contributed by atoms with Crippen molar-refractivity contribution in [2.75, 3.05) is 39.7 Å². The molecule has 6 heteroatoms. The first-order valence-electron chi connectivity index (χ1n) is 7.96. The van der Waals surface area contributed by atoms with Gasteiger partial charge in [0.25, 0.3) is 0 Å². The molecule has 0 spiro atoms. The van der Waals surface area contributed by atoms with E-state index in [1.807, 2.05) is 54.4 Å². The summed E-state index contributed by atoms with van der Waals surface area (Å²) in [5.74, 6) is 1.40. The maximum atomic E-state index is 12.1. The van der Waals surface area contributed by atoms with Crippen LogP contribution in [0.4, 0.5) is 5.69 Å². The topological polar surface area (TPSA) is 50.8 Å². The third-order valence-electron chi connectivity index (χ3n) is 3.75. The summed E-state index contributed by atoms with van der Waals surface area (Å²) in [6, 6.07) is 13.4. The van der Waals surface area contributed by atoms with Crippen molar-refractivity contribution in [1.82, 2.24) is 4.90 Å².